The van der Waals surface area contributed by atoms with Crippen LogP contribution < -0.4 is 14.2 Å². The molecule has 1 N–H and O–H groups in total. The van der Waals surface area contributed by atoms with E-state index in [1.54, 1.807) is 36.0 Å². The first kappa shape index (κ1) is 31.7. The number of benzene rings is 1. The molecule has 0 radical (unpaired) electrons. The molecule has 2 aliphatic rings. The van der Waals surface area contributed by atoms with E-state index in [4.69, 9.17) is 9.47 Å². The molecule has 13 heteroatoms. The smallest absolute Gasteiger partial charge is 0.268 e. The Morgan fingerprint density at radius 1 is 0.977 bits per heavy atom. The third-order valence-electron chi connectivity index (χ3n) is 7.84. The number of aromatic nitrogens is 2. The maximum absolute atomic E-state index is 15.0. The largest absolute Gasteiger partial charge is 0.492 e. The molecule has 1 amide bonds. The van der Waals surface area contributed by atoms with Gasteiger partial charge in [-0.2, -0.15) is 4.39 Å². The van der Waals surface area contributed by atoms with Gasteiger partial charge in [-0.15, -0.1) is 0 Å². The highest BCUT2D eigenvalue weighted by Gasteiger charge is 2.26. The van der Waals surface area contributed by atoms with E-state index in [1.807, 2.05) is 0 Å². The summed E-state index contributed by atoms with van der Waals surface area (Å²) in [4.78, 5) is 25.6. The van der Waals surface area contributed by atoms with E-state index < -0.39 is 45.0 Å². The van der Waals surface area contributed by atoms with Gasteiger partial charge in [-0.3, -0.25) is 19.7 Å². The molecule has 1 aliphatic heterocycles. The first-order valence-electron chi connectivity index (χ1n) is 14.9. The number of likely N-dealkylation sites (N-methyl/N-ethyl adjacent to an activating group) is 1. The van der Waals surface area contributed by atoms with Crippen molar-refractivity contribution in [3.05, 3.63) is 77.4 Å². The molecule has 5 rings (SSSR count). The Kier molecular flexibility index (Phi) is 10.1. The van der Waals surface area contributed by atoms with Crippen LogP contribution >= 0.6 is 0 Å². The zero-order valence-corrected chi connectivity index (χ0v) is 25.7. The van der Waals surface area contributed by atoms with Crippen molar-refractivity contribution in [3.63, 3.8) is 0 Å². The highest BCUT2D eigenvalue weighted by atomic mass is 32.2. The maximum Gasteiger partial charge on any atom is 0.268 e. The van der Waals surface area contributed by atoms with Gasteiger partial charge >= 0.3 is 0 Å². The minimum Gasteiger partial charge on any atom is -0.492 e. The van der Waals surface area contributed by atoms with Crippen LogP contribution in [0.2, 0.25) is 0 Å². The number of pyridine rings is 2. The Labute approximate surface area is 256 Å². The third-order valence-corrected chi connectivity index (χ3v) is 9.15. The molecule has 44 heavy (non-hydrogen) atoms. The van der Waals surface area contributed by atoms with Crippen molar-refractivity contribution in [1.82, 2.24) is 24.5 Å². The summed E-state index contributed by atoms with van der Waals surface area (Å²) in [6.07, 6.45) is 4.74. The normalized spacial score (nSPS) is 16.8. The number of piperazine rings is 1. The molecule has 1 aromatic carbocycles. The molecular formula is C31H37F2N5O5S. The van der Waals surface area contributed by atoms with Crippen molar-refractivity contribution in [2.45, 2.75) is 50.7 Å². The molecule has 236 valence electrons. The van der Waals surface area contributed by atoms with Crippen molar-refractivity contribution >= 4 is 15.9 Å². The molecule has 0 bridgehead atoms. The Morgan fingerprint density at radius 2 is 1.73 bits per heavy atom. The van der Waals surface area contributed by atoms with Gasteiger partial charge in [-0.25, -0.2) is 17.5 Å². The summed E-state index contributed by atoms with van der Waals surface area (Å²) in [5, 5.41) is 0. The van der Waals surface area contributed by atoms with Crippen LogP contribution in [0.1, 0.15) is 61.0 Å². The molecule has 0 unspecified atom stereocenters. The summed E-state index contributed by atoms with van der Waals surface area (Å²) >= 11 is 0. The Morgan fingerprint density at radius 3 is 2.34 bits per heavy atom. The number of nitrogens with one attached hydrogen (secondary N) is 1. The second kappa shape index (κ2) is 14.0. The van der Waals surface area contributed by atoms with Gasteiger partial charge in [-0.1, -0.05) is 13.8 Å². The van der Waals surface area contributed by atoms with Crippen molar-refractivity contribution in [2.75, 3.05) is 39.3 Å². The third kappa shape index (κ3) is 7.88. The number of rotatable bonds is 13. The summed E-state index contributed by atoms with van der Waals surface area (Å²) in [7, 11) is -4.40. The molecule has 10 nitrogen and oxygen atoms in total. The number of hydrogen-bond acceptors (Lipinski definition) is 9. The maximum atomic E-state index is 15.0. The molecule has 2 fully saturated rings. The van der Waals surface area contributed by atoms with E-state index >= 15 is 8.78 Å². The second-order valence-electron chi connectivity index (χ2n) is 11.1. The van der Waals surface area contributed by atoms with E-state index in [1.165, 1.54) is 18.9 Å². The standard InChI is InChI=1S/C31H37F2N5O5S/c1-3-27(26-11-8-23(17-35-26)42-20-21-5-6-21)43-28-12-10-25(29(32)30(28)33)31(39)36-44(40,41)24-9-7-22(34-18-24)19-38-15-13-37(4-2)14-16-38/h7-12,17-18,21,27H,3-6,13-16,19-20H2,1-2H3,(H,36,39)/t27-/m1/s1. The van der Waals surface area contributed by atoms with Crippen molar-refractivity contribution in [3.8, 4) is 11.5 Å². The van der Waals surface area contributed by atoms with E-state index in [-0.39, 0.29) is 4.90 Å². The first-order chi connectivity index (χ1) is 21.2. The summed E-state index contributed by atoms with van der Waals surface area (Å²) in [5.41, 5.74) is 0.401. The topological polar surface area (TPSA) is 114 Å². The van der Waals surface area contributed by atoms with Gasteiger partial charge in [0.15, 0.2) is 11.6 Å². The van der Waals surface area contributed by atoms with Crippen molar-refractivity contribution < 1.29 is 31.5 Å². The van der Waals surface area contributed by atoms with Crippen LogP contribution in [-0.4, -0.2) is 73.4 Å². The minimum atomic E-state index is -4.40. The lowest BCUT2D eigenvalue weighted by Crippen LogP contribution is -2.45. The molecule has 1 saturated carbocycles. The molecule has 2 aromatic heterocycles. The molecular weight excluding hydrogens is 592 g/mol. The average Bonchev–Trinajstić information content (AvgIpc) is 3.86. The Bertz CT molecular complexity index is 1540. The zero-order chi connectivity index (χ0) is 31.3. The van der Waals surface area contributed by atoms with Gasteiger partial charge in [0.2, 0.25) is 5.82 Å². The van der Waals surface area contributed by atoms with Gasteiger partial charge in [0.25, 0.3) is 15.9 Å². The monoisotopic (exact) mass is 629 g/mol. The molecule has 0 spiro atoms. The SMILES string of the molecule is CC[C@@H](Oc1ccc(C(=O)NS(=O)(=O)c2ccc(CN3CCN(CC)CC3)nc2)c(F)c1F)c1ccc(OCC2CC2)cn1. The fraction of sp³-hybridized carbons (Fsp3) is 0.452. The summed E-state index contributed by atoms with van der Waals surface area (Å²) in [6, 6.07) is 8.43. The average molecular weight is 630 g/mol. The van der Waals surface area contributed by atoms with Gasteiger partial charge in [0, 0.05) is 38.9 Å². The zero-order valence-electron chi connectivity index (χ0n) is 24.8. The molecule has 3 heterocycles. The highest BCUT2D eigenvalue weighted by molar-refractivity contribution is 7.90. The van der Waals surface area contributed by atoms with E-state index in [0.717, 1.165) is 51.1 Å². The highest BCUT2D eigenvalue weighted by Crippen LogP contribution is 2.31. The second-order valence-corrected chi connectivity index (χ2v) is 12.7. The van der Waals surface area contributed by atoms with Crippen LogP contribution in [0, 0.1) is 17.6 Å². The van der Waals surface area contributed by atoms with Gasteiger partial charge < -0.3 is 14.4 Å². The number of halogens is 2. The van der Waals surface area contributed by atoms with E-state index in [2.05, 4.69) is 26.7 Å². The van der Waals surface area contributed by atoms with Crippen LogP contribution in [0.5, 0.6) is 11.5 Å². The van der Waals surface area contributed by atoms with Gasteiger partial charge in [0.05, 0.1) is 29.8 Å². The predicted molar refractivity (Wildman–Crippen MR) is 159 cm³/mol. The van der Waals surface area contributed by atoms with E-state index in [0.29, 0.717) is 42.6 Å². The fourth-order valence-corrected chi connectivity index (χ4v) is 5.77. The number of amides is 1. The summed E-state index contributed by atoms with van der Waals surface area (Å²) in [5.74, 6) is -3.48. The lowest BCUT2D eigenvalue weighted by atomic mass is 10.1. The van der Waals surface area contributed by atoms with Crippen molar-refractivity contribution in [1.29, 1.82) is 0 Å². The minimum absolute atomic E-state index is 0.270. The van der Waals surface area contributed by atoms with E-state index in [9.17, 15) is 13.2 Å². The number of nitrogens with zero attached hydrogens (tertiary/aromatic N) is 4. The fourth-order valence-electron chi connectivity index (χ4n) is 4.86. The Hall–Kier alpha value is -3.68. The van der Waals surface area contributed by atoms with Gasteiger partial charge in [0.1, 0.15) is 16.7 Å². The van der Waals surface area contributed by atoms with Crippen LogP contribution in [0.3, 0.4) is 0 Å². The number of hydrogen-bond donors (Lipinski definition) is 1. The van der Waals surface area contributed by atoms with Crippen LogP contribution in [-0.2, 0) is 16.6 Å². The van der Waals surface area contributed by atoms with Crippen LogP contribution in [0.25, 0.3) is 0 Å². The number of carbonyl (C=O) groups excluding carboxylic acids is 1. The van der Waals surface area contributed by atoms with Gasteiger partial charge in [-0.05, 0) is 68.1 Å². The molecule has 3 aromatic rings. The lowest BCUT2D eigenvalue weighted by Gasteiger charge is -2.33. The molecule has 1 atom stereocenters. The lowest BCUT2D eigenvalue weighted by molar-refractivity contribution is 0.0976. The Balaban J connectivity index is 1.20. The quantitative estimate of drug-likeness (QED) is 0.295. The number of ether oxygens (including phenoxy) is 2. The van der Waals surface area contributed by atoms with Crippen LogP contribution in [0.15, 0.2) is 53.7 Å². The number of carbonyl (C=O) groups is 1. The van der Waals surface area contributed by atoms with Crippen molar-refractivity contribution in [2.24, 2.45) is 5.92 Å². The molecule has 1 saturated heterocycles. The first-order valence-corrected chi connectivity index (χ1v) is 16.3. The molecule has 1 aliphatic carbocycles. The predicted octanol–water partition coefficient (Wildman–Crippen LogP) is 4.33. The summed E-state index contributed by atoms with van der Waals surface area (Å²) < 4.78 is 68.9. The summed E-state index contributed by atoms with van der Waals surface area (Å²) in [6.45, 7) is 9.82. The number of sulfonamides is 1. The van der Waals surface area contributed by atoms with Crippen LogP contribution in [0.4, 0.5) is 8.78 Å².